The summed E-state index contributed by atoms with van der Waals surface area (Å²) in [6, 6.07) is 5.90. The van der Waals surface area contributed by atoms with Crippen molar-refractivity contribution in [1.82, 2.24) is 4.98 Å². The van der Waals surface area contributed by atoms with E-state index in [2.05, 4.69) is 4.98 Å². The lowest BCUT2D eigenvalue weighted by Gasteiger charge is -1.97. The van der Waals surface area contributed by atoms with Gasteiger partial charge in [-0.25, -0.2) is 9.37 Å². The van der Waals surface area contributed by atoms with Gasteiger partial charge in [-0.1, -0.05) is 30.4 Å². The van der Waals surface area contributed by atoms with Gasteiger partial charge in [-0.2, -0.15) is 0 Å². The van der Waals surface area contributed by atoms with Crippen LogP contribution in [-0.2, 0) is 0 Å². The van der Waals surface area contributed by atoms with Crippen LogP contribution in [0.5, 0.6) is 5.88 Å². The molecular formula is C15H10FNO2S. The van der Waals surface area contributed by atoms with Gasteiger partial charge in [0.2, 0.25) is 11.7 Å². The van der Waals surface area contributed by atoms with Crippen molar-refractivity contribution in [3.05, 3.63) is 58.8 Å². The van der Waals surface area contributed by atoms with Crippen molar-refractivity contribution >= 4 is 17.1 Å². The zero-order valence-corrected chi connectivity index (χ0v) is 11.2. The number of halogens is 1. The summed E-state index contributed by atoms with van der Waals surface area (Å²) in [5.41, 5.74) is 1.16. The Morgan fingerprint density at radius 1 is 1.40 bits per heavy atom. The maximum absolute atomic E-state index is 13.2. The number of Topliss-reactive ketones (excluding diaryl/α,β-unsaturated/α-hetero) is 1. The fraction of sp³-hybridized carbons (Fsp3) is 0.0667. The average molecular weight is 287 g/mol. The molecule has 0 amide bonds. The summed E-state index contributed by atoms with van der Waals surface area (Å²) >= 11 is 1.07. The number of hydrogen-bond acceptors (Lipinski definition) is 4. The molecule has 5 heteroatoms. The molecule has 1 N–H and O–H groups in total. The smallest absolute Gasteiger partial charge is 0.234 e. The lowest BCUT2D eigenvalue weighted by Crippen LogP contribution is -1.99. The summed E-state index contributed by atoms with van der Waals surface area (Å²) in [4.78, 5) is 16.4. The molecule has 3 rings (SSSR count). The van der Waals surface area contributed by atoms with Gasteiger partial charge in [-0.3, -0.25) is 4.79 Å². The maximum atomic E-state index is 13.2. The van der Waals surface area contributed by atoms with Crippen molar-refractivity contribution in [2.24, 2.45) is 0 Å². The molecule has 0 bridgehead atoms. The van der Waals surface area contributed by atoms with Gasteiger partial charge in [-0.15, -0.1) is 11.3 Å². The summed E-state index contributed by atoms with van der Waals surface area (Å²) in [6.07, 6.45) is 5.96. The quantitative estimate of drug-likeness (QED) is 0.875. The highest BCUT2D eigenvalue weighted by Crippen LogP contribution is 2.34. The number of hydrogen-bond donors (Lipinski definition) is 1. The predicted molar refractivity (Wildman–Crippen MR) is 75.3 cm³/mol. The summed E-state index contributed by atoms with van der Waals surface area (Å²) in [7, 11) is 0. The minimum Gasteiger partial charge on any atom is -0.492 e. The van der Waals surface area contributed by atoms with Crippen LogP contribution < -0.4 is 0 Å². The van der Waals surface area contributed by atoms with Crippen LogP contribution in [0.2, 0.25) is 0 Å². The number of benzene rings is 1. The first kappa shape index (κ1) is 12.7. The Morgan fingerprint density at radius 3 is 2.95 bits per heavy atom. The van der Waals surface area contributed by atoms with E-state index in [1.54, 1.807) is 24.3 Å². The molecule has 1 heterocycles. The molecular weight excluding hydrogens is 277 g/mol. The largest absolute Gasteiger partial charge is 0.492 e. The Labute approximate surface area is 118 Å². The van der Waals surface area contributed by atoms with Gasteiger partial charge in [0.15, 0.2) is 0 Å². The molecule has 0 saturated heterocycles. The SMILES string of the molecule is O=C(C1=CC=CC1)c1sc(-c2cccc(F)c2)nc1O. The third kappa shape index (κ3) is 2.28. The van der Waals surface area contributed by atoms with Gasteiger partial charge >= 0.3 is 0 Å². The van der Waals surface area contributed by atoms with Crippen LogP contribution in [0.25, 0.3) is 10.6 Å². The molecule has 0 atom stereocenters. The molecule has 3 nitrogen and oxygen atoms in total. The topological polar surface area (TPSA) is 50.2 Å². The van der Waals surface area contributed by atoms with E-state index in [4.69, 9.17) is 0 Å². The van der Waals surface area contributed by atoms with Crippen molar-refractivity contribution in [3.8, 4) is 16.5 Å². The van der Waals surface area contributed by atoms with Gasteiger partial charge < -0.3 is 5.11 Å². The third-order valence-corrected chi connectivity index (χ3v) is 4.04. The number of carbonyl (C=O) groups is 1. The normalized spacial score (nSPS) is 13.6. The van der Waals surface area contributed by atoms with Crippen LogP contribution in [0, 0.1) is 5.82 Å². The fourth-order valence-corrected chi connectivity index (χ4v) is 2.90. The Hall–Kier alpha value is -2.27. The Morgan fingerprint density at radius 2 is 2.25 bits per heavy atom. The molecule has 0 saturated carbocycles. The molecule has 1 aromatic heterocycles. The Kier molecular flexibility index (Phi) is 3.20. The lowest BCUT2D eigenvalue weighted by molar-refractivity contribution is 0.103. The van der Waals surface area contributed by atoms with E-state index in [-0.39, 0.29) is 22.4 Å². The second-order valence-corrected chi connectivity index (χ2v) is 5.33. The second-order valence-electron chi connectivity index (χ2n) is 4.34. The Balaban J connectivity index is 1.97. The fourth-order valence-electron chi connectivity index (χ4n) is 1.97. The van der Waals surface area contributed by atoms with Crippen molar-refractivity contribution in [3.63, 3.8) is 0 Å². The molecule has 20 heavy (non-hydrogen) atoms. The number of aromatic hydroxyl groups is 1. The molecule has 1 aliphatic rings. The number of ketones is 1. The third-order valence-electron chi connectivity index (χ3n) is 2.95. The molecule has 0 spiro atoms. The number of thiazole rings is 1. The maximum Gasteiger partial charge on any atom is 0.234 e. The number of aromatic nitrogens is 1. The highest BCUT2D eigenvalue weighted by Gasteiger charge is 2.22. The lowest BCUT2D eigenvalue weighted by atomic mass is 10.1. The monoisotopic (exact) mass is 287 g/mol. The highest BCUT2D eigenvalue weighted by atomic mass is 32.1. The van der Waals surface area contributed by atoms with Crippen molar-refractivity contribution < 1.29 is 14.3 Å². The van der Waals surface area contributed by atoms with Gasteiger partial charge in [-0.05, 0) is 18.6 Å². The second kappa shape index (κ2) is 5.02. The van der Waals surface area contributed by atoms with Gasteiger partial charge in [0.1, 0.15) is 15.7 Å². The van der Waals surface area contributed by atoms with Crippen molar-refractivity contribution in [1.29, 1.82) is 0 Å². The van der Waals surface area contributed by atoms with Crippen LogP contribution in [0.15, 0.2) is 48.1 Å². The van der Waals surface area contributed by atoms with Crippen LogP contribution in [0.1, 0.15) is 16.1 Å². The summed E-state index contributed by atoms with van der Waals surface area (Å²) in [5.74, 6) is -0.910. The van der Waals surface area contributed by atoms with E-state index < -0.39 is 0 Å². The van der Waals surface area contributed by atoms with E-state index in [9.17, 15) is 14.3 Å². The number of carbonyl (C=O) groups excluding carboxylic acids is 1. The van der Waals surface area contributed by atoms with Crippen LogP contribution in [-0.4, -0.2) is 15.9 Å². The van der Waals surface area contributed by atoms with Gasteiger partial charge in [0.05, 0.1) is 0 Å². The molecule has 0 aliphatic heterocycles. The average Bonchev–Trinajstić information content (AvgIpc) is 3.07. The minimum absolute atomic E-state index is 0.194. The number of rotatable bonds is 3. The number of nitrogens with zero attached hydrogens (tertiary/aromatic N) is 1. The summed E-state index contributed by atoms with van der Waals surface area (Å²) in [5, 5.41) is 10.3. The van der Waals surface area contributed by atoms with E-state index in [0.717, 1.165) is 11.3 Å². The number of allylic oxidation sites excluding steroid dienone is 4. The molecule has 0 radical (unpaired) electrons. The predicted octanol–water partition coefficient (Wildman–Crippen LogP) is 3.72. The molecule has 100 valence electrons. The van der Waals surface area contributed by atoms with E-state index in [1.165, 1.54) is 12.1 Å². The van der Waals surface area contributed by atoms with Crippen molar-refractivity contribution in [2.45, 2.75) is 6.42 Å². The molecule has 0 fully saturated rings. The summed E-state index contributed by atoms with van der Waals surface area (Å²) in [6.45, 7) is 0. The van der Waals surface area contributed by atoms with E-state index >= 15 is 0 Å². The zero-order valence-electron chi connectivity index (χ0n) is 10.3. The first-order valence-electron chi connectivity index (χ1n) is 6.01. The molecule has 1 aromatic carbocycles. The zero-order chi connectivity index (χ0) is 14.1. The summed E-state index contributed by atoms with van der Waals surface area (Å²) < 4.78 is 13.2. The molecule has 1 aliphatic carbocycles. The first-order chi connectivity index (χ1) is 9.65. The molecule has 2 aromatic rings. The van der Waals surface area contributed by atoms with E-state index in [1.807, 2.05) is 6.08 Å². The minimum atomic E-state index is -0.382. The highest BCUT2D eigenvalue weighted by molar-refractivity contribution is 7.17. The Bertz CT molecular complexity index is 746. The van der Waals surface area contributed by atoms with Crippen LogP contribution in [0.4, 0.5) is 4.39 Å². The van der Waals surface area contributed by atoms with Gasteiger partial charge in [0.25, 0.3) is 0 Å². The van der Waals surface area contributed by atoms with Crippen LogP contribution >= 0.6 is 11.3 Å². The standard InChI is InChI=1S/C15H10FNO2S/c16-11-7-3-6-10(8-11)15-17-14(19)13(20-15)12(18)9-4-1-2-5-9/h1-4,6-8,19H,5H2. The van der Waals surface area contributed by atoms with Crippen LogP contribution in [0.3, 0.4) is 0 Å². The molecule has 0 unspecified atom stereocenters. The van der Waals surface area contributed by atoms with E-state index in [0.29, 0.717) is 22.6 Å². The van der Waals surface area contributed by atoms with Crippen molar-refractivity contribution in [2.75, 3.05) is 0 Å². The first-order valence-corrected chi connectivity index (χ1v) is 6.83. The van der Waals surface area contributed by atoms with Gasteiger partial charge in [0, 0.05) is 11.1 Å².